The molecule has 1 aliphatic heterocycles. The molecule has 0 saturated carbocycles. The van der Waals surface area contributed by atoms with Gasteiger partial charge in [0.05, 0.1) is 0 Å². The Hall–Kier alpha value is -2.14. The van der Waals surface area contributed by atoms with E-state index in [2.05, 4.69) is 39.8 Å². The summed E-state index contributed by atoms with van der Waals surface area (Å²) in [4.78, 5) is 2.46. The summed E-state index contributed by atoms with van der Waals surface area (Å²) in [7, 11) is 0. The molecule has 3 rings (SSSR count). The van der Waals surface area contributed by atoms with Crippen LogP contribution in [0.3, 0.4) is 0 Å². The van der Waals surface area contributed by atoms with Gasteiger partial charge in [-0.05, 0) is 67.0 Å². The zero-order chi connectivity index (χ0) is 17.5. The van der Waals surface area contributed by atoms with Gasteiger partial charge in [0.1, 0.15) is 5.82 Å². The Labute approximate surface area is 154 Å². The molecule has 3 nitrogen and oxygen atoms in total. The molecule has 0 atom stereocenters. The fourth-order valence-electron chi connectivity index (χ4n) is 3.04. The zero-order valence-electron chi connectivity index (χ0n) is 14.3. The van der Waals surface area contributed by atoms with Gasteiger partial charge < -0.3 is 15.5 Å². The van der Waals surface area contributed by atoms with Gasteiger partial charge in [-0.15, -0.1) is 0 Å². The molecule has 0 spiro atoms. The lowest BCUT2D eigenvalue weighted by Gasteiger charge is -2.23. The maximum absolute atomic E-state index is 12.9. The molecule has 1 aliphatic rings. The monoisotopic (exact) mass is 357 g/mol. The lowest BCUT2D eigenvalue weighted by atomic mass is 10.2. The molecule has 0 bridgehead atoms. The van der Waals surface area contributed by atoms with E-state index < -0.39 is 0 Å². The van der Waals surface area contributed by atoms with E-state index in [0.717, 1.165) is 24.3 Å². The number of hydrogen-bond acceptors (Lipinski definition) is 2. The van der Waals surface area contributed by atoms with Crippen molar-refractivity contribution in [3.63, 3.8) is 0 Å². The maximum Gasteiger partial charge on any atom is 0.171 e. The summed E-state index contributed by atoms with van der Waals surface area (Å²) in [5.74, 6) is -0.228. The highest BCUT2D eigenvalue weighted by Crippen LogP contribution is 2.21. The smallest absolute Gasteiger partial charge is 0.171 e. The molecule has 25 heavy (non-hydrogen) atoms. The molecule has 0 radical (unpaired) electrons. The SMILES string of the molecule is Fc1ccc(CNC(=S)Nc2ccc(N3CCCCCC3)cc2)cc1. The van der Waals surface area contributed by atoms with Crippen LogP contribution in [0, 0.1) is 5.82 Å². The van der Waals surface area contributed by atoms with E-state index in [0.29, 0.717) is 11.7 Å². The molecule has 0 unspecified atom stereocenters. The highest BCUT2D eigenvalue weighted by Gasteiger charge is 2.09. The second-order valence-electron chi connectivity index (χ2n) is 6.38. The third kappa shape index (κ3) is 5.43. The summed E-state index contributed by atoms with van der Waals surface area (Å²) in [6.45, 7) is 2.85. The first-order chi connectivity index (χ1) is 12.2. The van der Waals surface area contributed by atoms with Gasteiger partial charge >= 0.3 is 0 Å². The van der Waals surface area contributed by atoms with E-state index in [-0.39, 0.29) is 5.82 Å². The van der Waals surface area contributed by atoms with Crippen molar-refractivity contribution >= 4 is 28.7 Å². The first-order valence-electron chi connectivity index (χ1n) is 8.85. The minimum absolute atomic E-state index is 0.228. The van der Waals surface area contributed by atoms with E-state index >= 15 is 0 Å². The predicted molar refractivity (Wildman–Crippen MR) is 107 cm³/mol. The number of thiocarbonyl (C=S) groups is 1. The third-order valence-electron chi connectivity index (χ3n) is 4.46. The van der Waals surface area contributed by atoms with E-state index in [1.807, 2.05) is 0 Å². The average Bonchev–Trinajstić information content (AvgIpc) is 2.91. The van der Waals surface area contributed by atoms with Gasteiger partial charge in [-0.1, -0.05) is 25.0 Å². The van der Waals surface area contributed by atoms with Gasteiger partial charge in [0, 0.05) is 31.0 Å². The Morgan fingerprint density at radius 1 is 0.920 bits per heavy atom. The maximum atomic E-state index is 12.9. The molecule has 0 aromatic heterocycles. The van der Waals surface area contributed by atoms with Gasteiger partial charge in [-0.3, -0.25) is 0 Å². The highest BCUT2D eigenvalue weighted by atomic mass is 32.1. The van der Waals surface area contributed by atoms with Gasteiger partial charge in [-0.2, -0.15) is 0 Å². The lowest BCUT2D eigenvalue weighted by molar-refractivity contribution is 0.627. The Morgan fingerprint density at radius 3 is 2.20 bits per heavy atom. The predicted octanol–water partition coefficient (Wildman–Crippen LogP) is 4.69. The molecule has 132 valence electrons. The van der Waals surface area contributed by atoms with Crippen molar-refractivity contribution in [2.45, 2.75) is 32.2 Å². The van der Waals surface area contributed by atoms with Crippen LogP contribution in [0.25, 0.3) is 0 Å². The summed E-state index contributed by atoms with van der Waals surface area (Å²) in [6, 6.07) is 14.8. The van der Waals surface area contributed by atoms with Crippen molar-refractivity contribution in [2.75, 3.05) is 23.3 Å². The largest absolute Gasteiger partial charge is 0.372 e. The summed E-state index contributed by atoms with van der Waals surface area (Å²) >= 11 is 5.33. The van der Waals surface area contributed by atoms with Crippen molar-refractivity contribution in [1.29, 1.82) is 0 Å². The minimum atomic E-state index is -0.228. The average molecular weight is 357 g/mol. The first-order valence-corrected chi connectivity index (χ1v) is 9.26. The van der Waals surface area contributed by atoms with Crippen LogP contribution in [0.2, 0.25) is 0 Å². The molecule has 1 heterocycles. The number of halogens is 1. The number of benzene rings is 2. The Morgan fingerprint density at radius 2 is 1.56 bits per heavy atom. The molecule has 1 fully saturated rings. The molecule has 1 saturated heterocycles. The van der Waals surface area contributed by atoms with Crippen molar-refractivity contribution in [3.05, 3.63) is 59.9 Å². The van der Waals surface area contributed by atoms with Gasteiger partial charge in [-0.25, -0.2) is 4.39 Å². The normalized spacial score (nSPS) is 14.7. The Bertz CT molecular complexity index is 677. The second-order valence-corrected chi connectivity index (χ2v) is 6.79. The summed E-state index contributed by atoms with van der Waals surface area (Å²) in [6.07, 6.45) is 5.23. The molecular formula is C20H24FN3S. The zero-order valence-corrected chi connectivity index (χ0v) is 15.1. The molecule has 2 aromatic rings. The minimum Gasteiger partial charge on any atom is -0.372 e. The number of hydrogen-bond donors (Lipinski definition) is 2. The Balaban J connectivity index is 1.50. The quantitative estimate of drug-likeness (QED) is 0.776. The number of rotatable bonds is 4. The van der Waals surface area contributed by atoms with E-state index in [1.165, 1.54) is 43.5 Å². The van der Waals surface area contributed by atoms with E-state index in [1.54, 1.807) is 12.1 Å². The molecule has 2 aromatic carbocycles. The van der Waals surface area contributed by atoms with Crippen LogP contribution < -0.4 is 15.5 Å². The number of nitrogens with one attached hydrogen (secondary N) is 2. The molecular weight excluding hydrogens is 333 g/mol. The number of nitrogens with zero attached hydrogens (tertiary/aromatic N) is 1. The lowest BCUT2D eigenvalue weighted by Crippen LogP contribution is -2.28. The van der Waals surface area contributed by atoms with Crippen LogP contribution >= 0.6 is 12.2 Å². The van der Waals surface area contributed by atoms with E-state index in [9.17, 15) is 4.39 Å². The fourth-order valence-corrected chi connectivity index (χ4v) is 3.23. The summed E-state index contributed by atoms with van der Waals surface area (Å²) < 4.78 is 12.9. The van der Waals surface area contributed by atoms with Crippen LogP contribution in [0.5, 0.6) is 0 Å². The van der Waals surface area contributed by atoms with Crippen molar-refractivity contribution < 1.29 is 4.39 Å². The molecule has 0 amide bonds. The number of anilines is 2. The van der Waals surface area contributed by atoms with Crippen LogP contribution in [0.4, 0.5) is 15.8 Å². The van der Waals surface area contributed by atoms with Crippen LogP contribution in [0.15, 0.2) is 48.5 Å². The van der Waals surface area contributed by atoms with Gasteiger partial charge in [0.15, 0.2) is 5.11 Å². The van der Waals surface area contributed by atoms with Crippen LogP contribution in [0.1, 0.15) is 31.2 Å². The van der Waals surface area contributed by atoms with Gasteiger partial charge in [0.25, 0.3) is 0 Å². The van der Waals surface area contributed by atoms with Crippen molar-refractivity contribution in [1.82, 2.24) is 5.32 Å². The summed E-state index contributed by atoms with van der Waals surface area (Å²) in [5, 5.41) is 6.90. The topological polar surface area (TPSA) is 27.3 Å². The van der Waals surface area contributed by atoms with Crippen molar-refractivity contribution in [2.24, 2.45) is 0 Å². The standard InChI is InChI=1S/C20H24FN3S/c21-17-7-5-16(6-8-17)15-22-20(25)23-18-9-11-19(12-10-18)24-13-3-1-2-4-14-24/h5-12H,1-4,13-15H2,(H2,22,23,25). The molecule has 0 aliphatic carbocycles. The van der Waals surface area contributed by atoms with E-state index in [4.69, 9.17) is 12.2 Å². The molecule has 5 heteroatoms. The first kappa shape index (κ1) is 17.7. The third-order valence-corrected chi connectivity index (χ3v) is 4.71. The fraction of sp³-hybridized carbons (Fsp3) is 0.350. The van der Waals surface area contributed by atoms with Crippen molar-refractivity contribution in [3.8, 4) is 0 Å². The second kappa shape index (κ2) is 8.81. The molecule has 2 N–H and O–H groups in total. The van der Waals surface area contributed by atoms with Crippen LogP contribution in [-0.2, 0) is 6.54 Å². The highest BCUT2D eigenvalue weighted by molar-refractivity contribution is 7.80. The van der Waals surface area contributed by atoms with Gasteiger partial charge in [0.2, 0.25) is 0 Å². The summed E-state index contributed by atoms with van der Waals surface area (Å²) in [5.41, 5.74) is 3.23. The van der Waals surface area contributed by atoms with Crippen LogP contribution in [-0.4, -0.2) is 18.2 Å². The Kier molecular flexibility index (Phi) is 6.23.